The Hall–Kier alpha value is -3.05. The quantitative estimate of drug-likeness (QED) is 0.477. The first-order valence-corrected chi connectivity index (χ1v) is 12.6. The number of nitrogens with zero attached hydrogens (tertiary/aromatic N) is 2. The highest BCUT2D eigenvalue weighted by Gasteiger charge is 2.56. The molecule has 0 saturated heterocycles. The van der Waals surface area contributed by atoms with Crippen molar-refractivity contribution in [2.45, 2.75) is 77.1 Å². The average Bonchev–Trinajstić information content (AvgIpc) is 3.23. The van der Waals surface area contributed by atoms with Gasteiger partial charge in [-0.15, -0.1) is 0 Å². The van der Waals surface area contributed by atoms with Gasteiger partial charge in [0.2, 0.25) is 5.91 Å². The fraction of sp³-hybridized carbons (Fsp3) is 0.680. The van der Waals surface area contributed by atoms with Gasteiger partial charge >= 0.3 is 12.3 Å². The maximum Gasteiger partial charge on any atom is 0.434 e. The van der Waals surface area contributed by atoms with Gasteiger partial charge in [-0.05, 0) is 69.8 Å². The highest BCUT2D eigenvalue weighted by atomic mass is 19.4. The molecule has 0 radical (unpaired) electrons. The van der Waals surface area contributed by atoms with Crippen molar-refractivity contribution in [3.63, 3.8) is 0 Å². The van der Waals surface area contributed by atoms with E-state index in [2.05, 4.69) is 15.7 Å². The van der Waals surface area contributed by atoms with E-state index in [9.17, 15) is 27.6 Å². The van der Waals surface area contributed by atoms with E-state index in [0.29, 0.717) is 10.6 Å². The van der Waals surface area contributed by atoms with E-state index in [0.717, 1.165) is 44.5 Å². The molecule has 0 aromatic carbocycles. The van der Waals surface area contributed by atoms with Crippen LogP contribution in [0.1, 0.15) is 75.3 Å². The number of nitrogens with two attached hydrogens (primary N) is 1. The first-order valence-electron chi connectivity index (χ1n) is 12.6. The minimum atomic E-state index is -4.83. The molecule has 1 aromatic rings. The third-order valence-corrected chi connectivity index (χ3v) is 7.94. The van der Waals surface area contributed by atoms with E-state index in [1.54, 1.807) is 20.8 Å². The van der Waals surface area contributed by atoms with E-state index in [1.807, 2.05) is 0 Å². The number of primary amides is 1. The van der Waals surface area contributed by atoms with Crippen LogP contribution in [0.3, 0.4) is 0 Å². The van der Waals surface area contributed by atoms with Crippen molar-refractivity contribution in [1.82, 2.24) is 20.4 Å². The third kappa shape index (κ3) is 5.77. The summed E-state index contributed by atoms with van der Waals surface area (Å²) in [4.78, 5) is 36.0. The number of alkyl halides is 3. The zero-order valence-corrected chi connectivity index (χ0v) is 21.2. The Labute approximate surface area is 213 Å². The van der Waals surface area contributed by atoms with Crippen molar-refractivity contribution in [2.24, 2.45) is 28.9 Å². The Bertz CT molecular complexity index is 1080. The van der Waals surface area contributed by atoms with E-state index in [1.165, 1.54) is 6.08 Å². The molecule has 1 aromatic heterocycles. The van der Waals surface area contributed by atoms with Crippen molar-refractivity contribution < 1.29 is 32.3 Å². The summed E-state index contributed by atoms with van der Waals surface area (Å²) in [5.74, 6) is -0.426. The summed E-state index contributed by atoms with van der Waals surface area (Å²) >= 11 is 0. The third-order valence-electron chi connectivity index (χ3n) is 7.94. The molecule has 4 bridgehead atoms. The van der Waals surface area contributed by atoms with Crippen LogP contribution in [0.4, 0.5) is 18.0 Å². The lowest BCUT2D eigenvalue weighted by atomic mass is 9.48. The van der Waals surface area contributed by atoms with Crippen molar-refractivity contribution in [3.8, 4) is 0 Å². The molecule has 2 atom stereocenters. The number of rotatable bonds is 8. The maximum atomic E-state index is 14.1. The minimum absolute atomic E-state index is 0.0962. The normalized spacial score (nSPS) is 28.9. The van der Waals surface area contributed by atoms with Crippen LogP contribution in [0.15, 0.2) is 12.3 Å². The van der Waals surface area contributed by atoms with Gasteiger partial charge in [-0.2, -0.15) is 18.3 Å². The molecular formula is C25H34F3N5O4. The lowest BCUT2D eigenvalue weighted by Gasteiger charge is -2.59. The number of hydrogen-bond donors (Lipinski definition) is 3. The summed E-state index contributed by atoms with van der Waals surface area (Å²) in [7, 11) is 0. The van der Waals surface area contributed by atoms with Crippen LogP contribution in [0.2, 0.25) is 0 Å². The van der Waals surface area contributed by atoms with Crippen LogP contribution in [0.5, 0.6) is 0 Å². The Kier molecular flexibility index (Phi) is 7.06. The van der Waals surface area contributed by atoms with Crippen molar-refractivity contribution in [2.75, 3.05) is 6.61 Å². The molecule has 5 rings (SSSR count). The van der Waals surface area contributed by atoms with Crippen molar-refractivity contribution in [3.05, 3.63) is 23.5 Å². The summed E-state index contributed by atoms with van der Waals surface area (Å²) in [6.45, 7) is 5.20. The summed E-state index contributed by atoms with van der Waals surface area (Å²) in [6.07, 6.45) is 2.18. The standard InChI is InChI=1S/C25H34F3N5O4/c1-4-18(34)32-23(2,3)5-6-33-20(25(26,27)28)17(12-30-33)21(35)31-19-15-7-14-8-16(19)11-24(9-14,10-15)13-37-22(29)36/h5-6,12,14-16,19H,4,7-11,13H2,1-3H3,(H2,29,36)(H,31,35)(H,32,34)/b6-5+/t14?,15?,16?,19-,24-. The minimum Gasteiger partial charge on any atom is -0.449 e. The SMILES string of the molecule is CCC(=O)NC(C)(C)/C=C/n1ncc(C(=O)N[C@H]2C3CC4CC2C[C@](COC(N)=O)(C4)C3)c1C(F)(F)F. The number of carbonyl (C=O) groups is 3. The van der Waals surface area contributed by atoms with Crippen LogP contribution in [-0.4, -0.2) is 45.9 Å². The topological polar surface area (TPSA) is 128 Å². The first kappa shape index (κ1) is 27.0. The number of carbonyl (C=O) groups excluding carboxylic acids is 3. The summed E-state index contributed by atoms with van der Waals surface area (Å²) < 4.78 is 47.9. The van der Waals surface area contributed by atoms with Gasteiger partial charge in [0.15, 0.2) is 5.69 Å². The van der Waals surface area contributed by atoms with Gasteiger partial charge in [0.05, 0.1) is 23.9 Å². The van der Waals surface area contributed by atoms with Gasteiger partial charge in [0, 0.05) is 24.1 Å². The molecule has 4 aliphatic carbocycles. The predicted molar refractivity (Wildman–Crippen MR) is 128 cm³/mol. The second-order valence-electron chi connectivity index (χ2n) is 11.4. The van der Waals surface area contributed by atoms with E-state index in [-0.39, 0.29) is 42.2 Å². The largest absolute Gasteiger partial charge is 0.449 e. The predicted octanol–water partition coefficient (Wildman–Crippen LogP) is 3.70. The molecule has 4 fully saturated rings. The van der Waals surface area contributed by atoms with E-state index < -0.39 is 35.0 Å². The molecule has 204 valence electrons. The number of halogens is 3. The van der Waals surface area contributed by atoms with Gasteiger partial charge in [-0.1, -0.05) is 6.92 Å². The second-order valence-corrected chi connectivity index (χ2v) is 11.4. The maximum absolute atomic E-state index is 14.1. The Balaban J connectivity index is 1.52. The summed E-state index contributed by atoms with van der Waals surface area (Å²) in [6, 6.07) is -0.256. The van der Waals surface area contributed by atoms with Crippen molar-refractivity contribution >= 4 is 24.1 Å². The highest BCUT2D eigenvalue weighted by molar-refractivity contribution is 5.95. The monoisotopic (exact) mass is 525 g/mol. The summed E-state index contributed by atoms with van der Waals surface area (Å²) in [5, 5.41) is 9.41. The fourth-order valence-electron chi connectivity index (χ4n) is 6.73. The molecule has 9 nitrogen and oxygen atoms in total. The van der Waals surface area contributed by atoms with Gasteiger partial charge < -0.3 is 21.1 Å². The molecule has 1 heterocycles. The molecule has 37 heavy (non-hydrogen) atoms. The molecule has 4 saturated carbocycles. The Morgan fingerprint density at radius 3 is 2.43 bits per heavy atom. The first-order chi connectivity index (χ1) is 17.2. The van der Waals surface area contributed by atoms with Gasteiger partial charge in [-0.3, -0.25) is 9.59 Å². The highest BCUT2D eigenvalue weighted by Crippen LogP contribution is 2.60. The van der Waals surface area contributed by atoms with Gasteiger partial charge in [0.25, 0.3) is 5.91 Å². The Morgan fingerprint density at radius 2 is 1.86 bits per heavy atom. The molecule has 12 heteroatoms. The summed E-state index contributed by atoms with van der Waals surface area (Å²) in [5.41, 5.74) is 2.34. The van der Waals surface area contributed by atoms with E-state index in [4.69, 9.17) is 10.5 Å². The van der Waals surface area contributed by atoms with Crippen LogP contribution >= 0.6 is 0 Å². The molecule has 3 amide bonds. The molecule has 0 aliphatic heterocycles. The molecule has 4 N–H and O–H groups in total. The van der Waals surface area contributed by atoms with E-state index >= 15 is 0 Å². The molecule has 4 aliphatic rings. The van der Waals surface area contributed by atoms with Crippen LogP contribution in [0, 0.1) is 23.2 Å². The van der Waals surface area contributed by atoms with Crippen LogP contribution in [0.25, 0.3) is 6.20 Å². The number of amides is 3. The second kappa shape index (κ2) is 9.68. The van der Waals surface area contributed by atoms with Crippen LogP contribution < -0.4 is 16.4 Å². The zero-order valence-electron chi connectivity index (χ0n) is 21.2. The molecule has 2 unspecified atom stereocenters. The Morgan fingerprint density at radius 1 is 1.22 bits per heavy atom. The van der Waals surface area contributed by atoms with Crippen LogP contribution in [-0.2, 0) is 15.7 Å². The van der Waals surface area contributed by atoms with Crippen molar-refractivity contribution in [1.29, 1.82) is 0 Å². The van der Waals surface area contributed by atoms with Gasteiger partial charge in [-0.25, -0.2) is 9.48 Å². The fourth-order valence-corrected chi connectivity index (χ4v) is 6.73. The lowest BCUT2D eigenvalue weighted by Crippen LogP contribution is -2.60. The molecular weight excluding hydrogens is 491 g/mol. The average molecular weight is 526 g/mol. The number of nitrogens with one attached hydrogen (secondary N) is 2. The molecule has 0 spiro atoms. The smallest absolute Gasteiger partial charge is 0.434 e. The lowest BCUT2D eigenvalue weighted by molar-refractivity contribution is -0.143. The number of hydrogen-bond acceptors (Lipinski definition) is 5. The number of ether oxygens (including phenoxy) is 1. The number of aromatic nitrogens is 2. The zero-order chi connectivity index (χ0) is 27.2. The van der Waals surface area contributed by atoms with Gasteiger partial charge in [0.1, 0.15) is 0 Å².